The number of pyridine rings is 1. The molecule has 4 aliphatic rings. The van der Waals surface area contributed by atoms with Crippen LogP contribution < -0.4 is 5.32 Å². The van der Waals surface area contributed by atoms with Crippen LogP contribution in [0.5, 0.6) is 0 Å². The summed E-state index contributed by atoms with van der Waals surface area (Å²) in [6.45, 7) is 2.80. The van der Waals surface area contributed by atoms with Gasteiger partial charge in [0, 0.05) is 68.2 Å². The molecule has 0 aliphatic carbocycles. The highest BCUT2D eigenvalue weighted by Gasteiger charge is 2.45. The number of aromatic nitrogens is 3. The van der Waals surface area contributed by atoms with Gasteiger partial charge >= 0.3 is 6.03 Å². The summed E-state index contributed by atoms with van der Waals surface area (Å²) in [5.41, 5.74) is 3.46. The molecule has 2 bridgehead atoms. The van der Waals surface area contributed by atoms with Crippen LogP contribution in [0.3, 0.4) is 0 Å². The molecule has 202 valence electrons. The minimum atomic E-state index is -0.529. The van der Waals surface area contributed by atoms with Crippen molar-refractivity contribution in [3.05, 3.63) is 71.6 Å². The average Bonchev–Trinajstić information content (AvgIpc) is 3.72. The molecule has 0 spiro atoms. The first kappa shape index (κ1) is 23.4. The number of likely N-dealkylation sites (tertiary alicyclic amines) is 2. The monoisotopic (exact) mass is 539 g/mol. The fourth-order valence-corrected chi connectivity index (χ4v) is 7.02. The Morgan fingerprint density at radius 1 is 1.07 bits per heavy atom. The van der Waals surface area contributed by atoms with Crippen LogP contribution in [0.4, 0.5) is 9.18 Å². The lowest BCUT2D eigenvalue weighted by Crippen LogP contribution is -2.52. The number of carbonyl (C=O) groups excluding carboxylic acids is 3. The number of imidazole rings is 1. The summed E-state index contributed by atoms with van der Waals surface area (Å²) in [5.74, 6) is -1.50. The normalized spacial score (nSPS) is 22.8. The van der Waals surface area contributed by atoms with E-state index in [4.69, 9.17) is 0 Å². The number of likely N-dealkylation sites (N-methyl/N-ethyl adjacent to an activating group) is 1. The molecule has 4 aliphatic heterocycles. The van der Waals surface area contributed by atoms with E-state index in [9.17, 15) is 14.4 Å². The third kappa shape index (κ3) is 3.24. The van der Waals surface area contributed by atoms with Crippen molar-refractivity contribution < 1.29 is 18.8 Å². The zero-order valence-corrected chi connectivity index (χ0v) is 21.8. The molecule has 4 amide bonds. The second-order valence-electron chi connectivity index (χ2n) is 11.1. The van der Waals surface area contributed by atoms with Gasteiger partial charge in [-0.15, -0.1) is 0 Å². The summed E-state index contributed by atoms with van der Waals surface area (Å²) in [6.07, 6.45) is 6.16. The molecule has 1 aromatic carbocycles. The Morgan fingerprint density at radius 2 is 1.93 bits per heavy atom. The van der Waals surface area contributed by atoms with Gasteiger partial charge in [-0.25, -0.2) is 14.2 Å². The van der Waals surface area contributed by atoms with Crippen LogP contribution in [-0.4, -0.2) is 85.3 Å². The third-order valence-corrected chi connectivity index (χ3v) is 8.89. The van der Waals surface area contributed by atoms with Crippen LogP contribution in [0.25, 0.3) is 27.7 Å². The van der Waals surface area contributed by atoms with Gasteiger partial charge in [-0.3, -0.25) is 24.2 Å². The number of hydrogen-bond donors (Lipinski definition) is 1. The van der Waals surface area contributed by atoms with Crippen LogP contribution in [0, 0.1) is 5.82 Å². The van der Waals surface area contributed by atoms with Crippen molar-refractivity contribution in [1.82, 2.24) is 34.0 Å². The lowest BCUT2D eigenvalue weighted by Gasteiger charge is -2.35. The van der Waals surface area contributed by atoms with E-state index in [1.54, 1.807) is 21.7 Å². The Hall–Kier alpha value is -4.51. The van der Waals surface area contributed by atoms with E-state index in [1.807, 2.05) is 33.9 Å². The van der Waals surface area contributed by atoms with Gasteiger partial charge in [0.1, 0.15) is 11.5 Å². The number of nitrogens with one attached hydrogen (secondary N) is 1. The summed E-state index contributed by atoms with van der Waals surface area (Å²) in [6, 6.07) is 8.97. The lowest BCUT2D eigenvalue weighted by molar-refractivity contribution is -0.122. The van der Waals surface area contributed by atoms with Gasteiger partial charge in [-0.2, -0.15) is 0 Å². The molecule has 40 heavy (non-hydrogen) atoms. The molecule has 0 unspecified atom stereocenters. The highest BCUT2D eigenvalue weighted by molar-refractivity contribution is 6.49. The Balaban J connectivity index is 1.23. The fourth-order valence-electron chi connectivity index (χ4n) is 7.02. The van der Waals surface area contributed by atoms with E-state index in [2.05, 4.69) is 22.2 Å². The molecule has 11 heteroatoms. The van der Waals surface area contributed by atoms with Gasteiger partial charge < -0.3 is 14.4 Å². The van der Waals surface area contributed by atoms with Gasteiger partial charge in [0.25, 0.3) is 11.8 Å². The van der Waals surface area contributed by atoms with Gasteiger partial charge in [0.15, 0.2) is 0 Å². The van der Waals surface area contributed by atoms with Crippen molar-refractivity contribution in [3.8, 4) is 0 Å². The number of benzene rings is 1. The molecule has 7 heterocycles. The first-order valence-corrected chi connectivity index (χ1v) is 13.5. The molecule has 3 aromatic heterocycles. The van der Waals surface area contributed by atoms with Gasteiger partial charge in [-0.1, -0.05) is 6.07 Å². The predicted molar refractivity (Wildman–Crippen MR) is 144 cm³/mol. The SMILES string of the molecule is CN1C[C@H]2C[C@@H]1CN2C(=O)N1CCn2cc(C3=C(c4cnc5ccccn45)C(=O)NC3=O)c3cc(F)cc(c32)C1. The van der Waals surface area contributed by atoms with Crippen LogP contribution >= 0.6 is 0 Å². The number of rotatable bonds is 2. The second kappa shape index (κ2) is 8.25. The van der Waals surface area contributed by atoms with Gasteiger partial charge in [-0.05, 0) is 43.3 Å². The number of hydrogen-bond acceptors (Lipinski definition) is 5. The highest BCUT2D eigenvalue weighted by Crippen LogP contribution is 2.39. The largest absolute Gasteiger partial charge is 0.345 e. The van der Waals surface area contributed by atoms with E-state index in [0.717, 1.165) is 25.0 Å². The van der Waals surface area contributed by atoms with Crippen LogP contribution in [0.15, 0.2) is 48.9 Å². The van der Waals surface area contributed by atoms with Gasteiger partial charge in [0.2, 0.25) is 0 Å². The molecule has 2 fully saturated rings. The zero-order valence-electron chi connectivity index (χ0n) is 21.8. The minimum Gasteiger partial charge on any atom is -0.345 e. The molecule has 1 N–H and O–H groups in total. The van der Waals surface area contributed by atoms with Crippen molar-refractivity contribution >= 4 is 45.5 Å². The number of piperazine rings is 1. The van der Waals surface area contributed by atoms with Crippen molar-refractivity contribution in [3.63, 3.8) is 0 Å². The maximum Gasteiger partial charge on any atom is 0.320 e. The number of carbonyl (C=O) groups is 3. The standard InChI is InChI=1S/C29H26FN7O3/c1-33-13-19-10-18(33)14-37(19)29(40)35-7-6-34-15-21(20-9-17(30)8-16(12-35)26(20)34)24-25(28(39)32-27(24)38)22-11-31-23-4-2-3-5-36(22)23/h2-5,8-9,11,15,18-19H,6-7,10,12-14H2,1H3,(H,32,38,39)/t18-,19-/m1/s1. The van der Waals surface area contributed by atoms with Crippen molar-refractivity contribution in [2.75, 3.05) is 26.7 Å². The Kier molecular flexibility index (Phi) is 4.82. The number of halogens is 1. The molecule has 8 rings (SSSR count). The van der Waals surface area contributed by atoms with E-state index < -0.39 is 17.6 Å². The number of fused-ring (bicyclic) bond motifs is 3. The molecule has 2 saturated heterocycles. The maximum atomic E-state index is 15.1. The zero-order chi connectivity index (χ0) is 27.3. The van der Waals surface area contributed by atoms with E-state index in [1.165, 1.54) is 12.1 Å². The number of imide groups is 1. The fraction of sp³-hybridized carbons (Fsp3) is 0.310. The van der Waals surface area contributed by atoms with Crippen molar-refractivity contribution in [2.45, 2.75) is 31.6 Å². The molecular weight excluding hydrogens is 513 g/mol. The van der Waals surface area contributed by atoms with Crippen LogP contribution in [-0.2, 0) is 22.7 Å². The molecule has 0 radical (unpaired) electrons. The number of nitrogens with zero attached hydrogens (tertiary/aromatic N) is 6. The second-order valence-corrected chi connectivity index (χ2v) is 11.1. The van der Waals surface area contributed by atoms with Gasteiger partial charge in [0.05, 0.1) is 28.6 Å². The van der Waals surface area contributed by atoms with E-state index in [0.29, 0.717) is 47.0 Å². The first-order valence-electron chi connectivity index (χ1n) is 13.5. The highest BCUT2D eigenvalue weighted by atomic mass is 19.1. The van der Waals surface area contributed by atoms with Crippen molar-refractivity contribution in [2.24, 2.45) is 0 Å². The summed E-state index contributed by atoms with van der Waals surface area (Å²) in [7, 11) is 2.10. The third-order valence-electron chi connectivity index (χ3n) is 8.89. The molecular formula is C29H26FN7O3. The lowest BCUT2D eigenvalue weighted by atomic mass is 9.98. The maximum absolute atomic E-state index is 15.1. The Morgan fingerprint density at radius 3 is 2.73 bits per heavy atom. The first-order chi connectivity index (χ1) is 19.4. The Bertz CT molecular complexity index is 1820. The summed E-state index contributed by atoms with van der Waals surface area (Å²) in [4.78, 5) is 50.3. The molecule has 0 saturated carbocycles. The summed E-state index contributed by atoms with van der Waals surface area (Å²) in [5, 5.41) is 2.97. The number of urea groups is 1. The number of amides is 4. The van der Waals surface area contributed by atoms with Crippen LogP contribution in [0.1, 0.15) is 23.2 Å². The smallest absolute Gasteiger partial charge is 0.320 e. The quantitative estimate of drug-likeness (QED) is 0.395. The molecule has 4 aromatic rings. The van der Waals surface area contributed by atoms with Crippen molar-refractivity contribution in [1.29, 1.82) is 0 Å². The summed E-state index contributed by atoms with van der Waals surface area (Å²) < 4.78 is 18.9. The minimum absolute atomic E-state index is 0.0117. The van der Waals surface area contributed by atoms with Crippen LogP contribution in [0.2, 0.25) is 0 Å². The molecule has 2 atom stereocenters. The summed E-state index contributed by atoms with van der Waals surface area (Å²) >= 11 is 0. The van der Waals surface area contributed by atoms with E-state index >= 15 is 4.39 Å². The Labute approximate surface area is 228 Å². The molecule has 10 nitrogen and oxygen atoms in total. The predicted octanol–water partition coefficient (Wildman–Crippen LogP) is 2.32. The average molecular weight is 540 g/mol. The van der Waals surface area contributed by atoms with E-state index in [-0.39, 0.29) is 29.8 Å². The topological polar surface area (TPSA) is 95.2 Å².